The summed E-state index contributed by atoms with van der Waals surface area (Å²) in [4.78, 5) is 28.7. The Labute approximate surface area is 147 Å². The van der Waals surface area contributed by atoms with Crippen LogP contribution in [0.25, 0.3) is 11.0 Å². The van der Waals surface area contributed by atoms with Gasteiger partial charge in [0.2, 0.25) is 5.91 Å². The average molecular weight is 353 g/mol. The van der Waals surface area contributed by atoms with Crippen LogP contribution in [0, 0.1) is 0 Å². The summed E-state index contributed by atoms with van der Waals surface area (Å²) in [7, 11) is 0. The zero-order chi connectivity index (χ0) is 16.2. The van der Waals surface area contributed by atoms with Crippen LogP contribution >= 0.6 is 12.4 Å². The molecule has 3 rings (SSSR count). The van der Waals surface area contributed by atoms with Crippen molar-refractivity contribution in [2.45, 2.75) is 57.0 Å². The number of aromatic nitrogens is 2. The molecule has 132 valence electrons. The standard InChI is InChI=1S/C17H24N4O2.ClH/c18-12-5-7-13(8-6-12)19-16(22)3-1-2-11-4-9-14-15(10-11)21-17(23)20-14;/h4,9-10,12-13H,1-3,5-8,18H2,(H,19,22)(H2,20,21,23);1H. The largest absolute Gasteiger partial charge is 0.353 e. The highest BCUT2D eigenvalue weighted by Gasteiger charge is 2.19. The second kappa shape index (κ2) is 8.35. The van der Waals surface area contributed by atoms with Gasteiger partial charge in [-0.3, -0.25) is 4.79 Å². The van der Waals surface area contributed by atoms with Gasteiger partial charge in [-0.15, -0.1) is 12.4 Å². The SMILES string of the molecule is Cl.NC1CCC(NC(=O)CCCc2ccc3[nH]c(=O)[nH]c3c2)CC1. The highest BCUT2D eigenvalue weighted by atomic mass is 35.5. The lowest BCUT2D eigenvalue weighted by molar-refractivity contribution is -0.122. The third-order valence-corrected chi connectivity index (χ3v) is 4.59. The molecular weight excluding hydrogens is 328 g/mol. The molecule has 1 aliphatic carbocycles. The van der Waals surface area contributed by atoms with Gasteiger partial charge in [-0.1, -0.05) is 6.07 Å². The zero-order valence-electron chi connectivity index (χ0n) is 13.6. The van der Waals surface area contributed by atoms with Crippen LogP contribution in [-0.2, 0) is 11.2 Å². The number of amides is 1. The smallest absolute Gasteiger partial charge is 0.323 e. The summed E-state index contributed by atoms with van der Waals surface area (Å²) in [6.45, 7) is 0. The summed E-state index contributed by atoms with van der Waals surface area (Å²) in [5, 5.41) is 3.11. The Kier molecular flexibility index (Phi) is 6.45. The molecule has 0 saturated heterocycles. The number of halogens is 1. The van der Waals surface area contributed by atoms with Crippen molar-refractivity contribution in [2.24, 2.45) is 5.73 Å². The number of rotatable bonds is 5. The Balaban J connectivity index is 0.00000208. The second-order valence-electron chi connectivity index (χ2n) is 6.49. The first kappa shape index (κ1) is 18.5. The molecule has 0 unspecified atom stereocenters. The molecule has 0 atom stereocenters. The molecule has 2 aromatic rings. The lowest BCUT2D eigenvalue weighted by Crippen LogP contribution is -2.40. The fourth-order valence-corrected chi connectivity index (χ4v) is 3.25. The third kappa shape index (κ3) is 4.85. The number of nitrogens with two attached hydrogens (primary N) is 1. The Morgan fingerprint density at radius 3 is 2.62 bits per heavy atom. The number of aromatic amines is 2. The molecule has 1 amide bonds. The number of nitrogens with one attached hydrogen (secondary N) is 3. The summed E-state index contributed by atoms with van der Waals surface area (Å²) in [5.41, 5.74) is 8.44. The monoisotopic (exact) mass is 352 g/mol. The van der Waals surface area contributed by atoms with E-state index in [0.717, 1.165) is 55.1 Å². The molecule has 0 bridgehead atoms. The lowest BCUT2D eigenvalue weighted by Gasteiger charge is -2.26. The van der Waals surface area contributed by atoms with Gasteiger partial charge < -0.3 is 21.0 Å². The highest BCUT2D eigenvalue weighted by molar-refractivity contribution is 5.85. The van der Waals surface area contributed by atoms with Gasteiger partial charge in [0.05, 0.1) is 11.0 Å². The highest BCUT2D eigenvalue weighted by Crippen LogP contribution is 2.17. The van der Waals surface area contributed by atoms with Crippen molar-refractivity contribution in [3.63, 3.8) is 0 Å². The third-order valence-electron chi connectivity index (χ3n) is 4.59. The van der Waals surface area contributed by atoms with Crippen molar-refractivity contribution in [3.8, 4) is 0 Å². The molecule has 5 N–H and O–H groups in total. The molecule has 1 aromatic carbocycles. The summed E-state index contributed by atoms with van der Waals surface area (Å²) < 4.78 is 0. The molecular formula is C17H25ClN4O2. The number of aryl methyl sites for hydroxylation is 1. The van der Waals surface area contributed by atoms with Gasteiger partial charge in [-0.25, -0.2) is 4.79 Å². The maximum Gasteiger partial charge on any atom is 0.323 e. The molecule has 1 aliphatic rings. The number of hydrogen-bond donors (Lipinski definition) is 4. The summed E-state index contributed by atoms with van der Waals surface area (Å²) in [5.74, 6) is 0.126. The Morgan fingerprint density at radius 1 is 1.17 bits per heavy atom. The van der Waals surface area contributed by atoms with Crippen LogP contribution in [-0.4, -0.2) is 28.0 Å². The molecule has 0 radical (unpaired) electrons. The van der Waals surface area contributed by atoms with Gasteiger partial charge in [-0.2, -0.15) is 0 Å². The van der Waals surface area contributed by atoms with Crippen molar-refractivity contribution in [3.05, 3.63) is 34.2 Å². The van der Waals surface area contributed by atoms with E-state index in [0.29, 0.717) is 18.5 Å². The lowest BCUT2D eigenvalue weighted by atomic mass is 9.92. The normalized spacial score (nSPS) is 20.5. The van der Waals surface area contributed by atoms with Crippen LogP contribution in [0.1, 0.15) is 44.1 Å². The van der Waals surface area contributed by atoms with Crippen LogP contribution in [0.4, 0.5) is 0 Å². The number of H-pyrrole nitrogens is 2. The first-order valence-corrected chi connectivity index (χ1v) is 8.36. The summed E-state index contributed by atoms with van der Waals surface area (Å²) >= 11 is 0. The molecule has 1 heterocycles. The topological polar surface area (TPSA) is 104 Å². The van der Waals surface area contributed by atoms with Crippen molar-refractivity contribution in [1.29, 1.82) is 0 Å². The number of imidazole rings is 1. The first-order valence-electron chi connectivity index (χ1n) is 8.36. The Hall–Kier alpha value is -1.79. The van der Waals surface area contributed by atoms with Gasteiger partial charge in [0.1, 0.15) is 0 Å². The van der Waals surface area contributed by atoms with E-state index in [9.17, 15) is 9.59 Å². The van der Waals surface area contributed by atoms with Gasteiger partial charge in [0.25, 0.3) is 0 Å². The van der Waals surface area contributed by atoms with E-state index in [2.05, 4.69) is 15.3 Å². The van der Waals surface area contributed by atoms with E-state index in [-0.39, 0.29) is 24.0 Å². The molecule has 0 aliphatic heterocycles. The van der Waals surface area contributed by atoms with E-state index in [1.165, 1.54) is 0 Å². The predicted octanol–water partition coefficient (Wildman–Crippen LogP) is 1.99. The van der Waals surface area contributed by atoms with E-state index in [1.54, 1.807) is 0 Å². The minimum Gasteiger partial charge on any atom is -0.353 e. The Morgan fingerprint density at radius 2 is 1.88 bits per heavy atom. The maximum absolute atomic E-state index is 12.0. The number of carbonyl (C=O) groups is 1. The van der Waals surface area contributed by atoms with Gasteiger partial charge >= 0.3 is 5.69 Å². The van der Waals surface area contributed by atoms with Crippen molar-refractivity contribution in [1.82, 2.24) is 15.3 Å². The van der Waals surface area contributed by atoms with Crippen LogP contribution in [0.15, 0.2) is 23.0 Å². The van der Waals surface area contributed by atoms with Crippen molar-refractivity contribution < 1.29 is 4.79 Å². The molecule has 7 heteroatoms. The average Bonchev–Trinajstić information content (AvgIpc) is 2.89. The fraction of sp³-hybridized carbons (Fsp3) is 0.529. The molecule has 1 saturated carbocycles. The quantitative estimate of drug-likeness (QED) is 0.661. The van der Waals surface area contributed by atoms with Crippen molar-refractivity contribution in [2.75, 3.05) is 0 Å². The van der Waals surface area contributed by atoms with E-state index < -0.39 is 0 Å². The zero-order valence-corrected chi connectivity index (χ0v) is 14.5. The van der Waals surface area contributed by atoms with Gasteiger partial charge in [0.15, 0.2) is 0 Å². The maximum atomic E-state index is 12.0. The number of hydrogen-bond acceptors (Lipinski definition) is 3. The minimum atomic E-state index is -0.191. The summed E-state index contributed by atoms with van der Waals surface area (Å²) in [6.07, 6.45) is 6.14. The van der Waals surface area contributed by atoms with E-state index in [1.807, 2.05) is 18.2 Å². The predicted molar refractivity (Wildman–Crippen MR) is 97.5 cm³/mol. The molecule has 1 aromatic heterocycles. The fourth-order valence-electron chi connectivity index (χ4n) is 3.25. The molecule has 24 heavy (non-hydrogen) atoms. The van der Waals surface area contributed by atoms with Crippen LogP contribution in [0.2, 0.25) is 0 Å². The number of carbonyl (C=O) groups excluding carboxylic acids is 1. The molecule has 0 spiro atoms. The van der Waals surface area contributed by atoms with Crippen LogP contribution in [0.3, 0.4) is 0 Å². The van der Waals surface area contributed by atoms with Crippen molar-refractivity contribution >= 4 is 29.3 Å². The van der Waals surface area contributed by atoms with Crippen LogP contribution in [0.5, 0.6) is 0 Å². The molecule has 1 fully saturated rings. The van der Waals surface area contributed by atoms with E-state index >= 15 is 0 Å². The number of fused-ring (bicyclic) bond motifs is 1. The minimum absolute atomic E-state index is 0. The second-order valence-corrected chi connectivity index (χ2v) is 6.49. The van der Waals surface area contributed by atoms with Gasteiger partial charge in [-0.05, 0) is 56.2 Å². The van der Waals surface area contributed by atoms with E-state index in [4.69, 9.17) is 5.73 Å². The van der Waals surface area contributed by atoms with Gasteiger partial charge in [0, 0.05) is 18.5 Å². The Bertz CT molecular complexity index is 732. The molecule has 6 nitrogen and oxygen atoms in total. The number of benzene rings is 1. The summed E-state index contributed by atoms with van der Waals surface area (Å²) in [6, 6.07) is 6.45. The first-order chi connectivity index (χ1) is 11.1. The van der Waals surface area contributed by atoms with Crippen LogP contribution < -0.4 is 16.7 Å².